The van der Waals surface area contributed by atoms with Crippen LogP contribution in [0, 0.1) is 19.8 Å². The second kappa shape index (κ2) is 5.00. The van der Waals surface area contributed by atoms with Gasteiger partial charge < -0.3 is 5.73 Å². The van der Waals surface area contributed by atoms with Crippen LogP contribution < -0.4 is 5.73 Å². The third-order valence-electron chi connectivity index (χ3n) is 3.24. The Hall–Kier alpha value is -0.530. The van der Waals surface area contributed by atoms with Crippen molar-refractivity contribution in [2.24, 2.45) is 11.7 Å². The van der Waals surface area contributed by atoms with E-state index in [-0.39, 0.29) is 18.4 Å². The zero-order chi connectivity index (χ0) is 10.1. The molecule has 0 radical (unpaired) electrons. The topological polar surface area (TPSA) is 26.0 Å². The Morgan fingerprint density at radius 3 is 2.47 bits per heavy atom. The van der Waals surface area contributed by atoms with Gasteiger partial charge in [-0.3, -0.25) is 0 Å². The van der Waals surface area contributed by atoms with Gasteiger partial charge in [0.1, 0.15) is 0 Å². The molecule has 1 aliphatic carbocycles. The van der Waals surface area contributed by atoms with E-state index < -0.39 is 0 Å². The van der Waals surface area contributed by atoms with Gasteiger partial charge in [0.25, 0.3) is 0 Å². The number of halogens is 1. The van der Waals surface area contributed by atoms with Crippen LogP contribution in [0.3, 0.4) is 0 Å². The largest absolute Gasteiger partial charge is 0.324 e. The first kappa shape index (κ1) is 12.5. The number of benzene rings is 1. The normalized spacial score (nSPS) is 17.0. The van der Waals surface area contributed by atoms with Crippen LogP contribution >= 0.6 is 12.4 Å². The monoisotopic (exact) mass is 225 g/mol. The molecular formula is C13H20ClN. The number of aryl methyl sites for hydroxylation is 2. The Balaban J connectivity index is 0.00000112. The Morgan fingerprint density at radius 2 is 1.93 bits per heavy atom. The summed E-state index contributed by atoms with van der Waals surface area (Å²) in [5, 5.41) is 0. The van der Waals surface area contributed by atoms with Crippen molar-refractivity contribution in [2.75, 3.05) is 0 Å². The maximum atomic E-state index is 6.15. The zero-order valence-corrected chi connectivity index (χ0v) is 10.3. The van der Waals surface area contributed by atoms with Gasteiger partial charge in [0.15, 0.2) is 0 Å². The second-order valence-electron chi connectivity index (χ2n) is 4.63. The molecular weight excluding hydrogens is 206 g/mol. The molecule has 2 heteroatoms. The highest BCUT2D eigenvalue weighted by Crippen LogP contribution is 2.36. The van der Waals surface area contributed by atoms with Crippen molar-refractivity contribution in [1.82, 2.24) is 0 Å². The summed E-state index contributed by atoms with van der Waals surface area (Å²) >= 11 is 0. The highest BCUT2D eigenvalue weighted by molar-refractivity contribution is 5.85. The number of hydrogen-bond acceptors (Lipinski definition) is 1. The van der Waals surface area contributed by atoms with Gasteiger partial charge in [-0.05, 0) is 42.9 Å². The van der Waals surface area contributed by atoms with Gasteiger partial charge in [-0.1, -0.05) is 31.0 Å². The summed E-state index contributed by atoms with van der Waals surface area (Å²) in [4.78, 5) is 0. The average Bonchev–Trinajstić information content (AvgIpc) is 2.93. The van der Waals surface area contributed by atoms with E-state index in [4.69, 9.17) is 5.73 Å². The first-order valence-electron chi connectivity index (χ1n) is 5.49. The maximum absolute atomic E-state index is 6.15. The van der Waals surface area contributed by atoms with E-state index in [1.165, 1.54) is 36.0 Å². The van der Waals surface area contributed by atoms with E-state index in [1.807, 2.05) is 0 Å². The Kier molecular flexibility index (Phi) is 4.18. The minimum atomic E-state index is 0. The lowest BCUT2D eigenvalue weighted by atomic mass is 9.98. The van der Waals surface area contributed by atoms with E-state index in [1.54, 1.807) is 0 Å². The average molecular weight is 226 g/mol. The van der Waals surface area contributed by atoms with Gasteiger partial charge in [-0.15, -0.1) is 12.4 Å². The Morgan fingerprint density at radius 1 is 1.27 bits per heavy atom. The first-order chi connectivity index (χ1) is 6.66. The zero-order valence-electron chi connectivity index (χ0n) is 9.49. The van der Waals surface area contributed by atoms with Crippen molar-refractivity contribution < 1.29 is 0 Å². The van der Waals surface area contributed by atoms with Crippen LogP contribution in [0.5, 0.6) is 0 Å². The minimum Gasteiger partial charge on any atom is -0.324 e. The van der Waals surface area contributed by atoms with Crippen molar-refractivity contribution in [3.63, 3.8) is 0 Å². The molecule has 1 aromatic carbocycles. The minimum absolute atomic E-state index is 0. The first-order valence-corrected chi connectivity index (χ1v) is 5.49. The van der Waals surface area contributed by atoms with Crippen molar-refractivity contribution >= 4 is 12.4 Å². The lowest BCUT2D eigenvalue weighted by Gasteiger charge is -2.13. The van der Waals surface area contributed by atoms with Crippen molar-refractivity contribution in [3.05, 3.63) is 34.9 Å². The number of nitrogens with two attached hydrogens (primary N) is 1. The lowest BCUT2D eigenvalue weighted by Crippen LogP contribution is -2.11. The third kappa shape index (κ3) is 3.22. The van der Waals surface area contributed by atoms with E-state index >= 15 is 0 Å². The fourth-order valence-corrected chi connectivity index (χ4v) is 1.84. The molecule has 2 N–H and O–H groups in total. The van der Waals surface area contributed by atoms with Crippen LogP contribution in [0.2, 0.25) is 0 Å². The fourth-order valence-electron chi connectivity index (χ4n) is 1.84. The number of rotatable bonds is 3. The van der Waals surface area contributed by atoms with Crippen LogP contribution in [0.25, 0.3) is 0 Å². The molecule has 0 aliphatic heterocycles. The molecule has 0 bridgehead atoms. The summed E-state index contributed by atoms with van der Waals surface area (Å²) in [5.41, 5.74) is 10.2. The molecule has 1 saturated carbocycles. The predicted molar refractivity (Wildman–Crippen MR) is 67.4 cm³/mol. The molecule has 84 valence electrons. The summed E-state index contributed by atoms with van der Waals surface area (Å²) in [7, 11) is 0. The molecule has 1 aliphatic rings. The van der Waals surface area contributed by atoms with Crippen LogP contribution in [0.1, 0.15) is 42.0 Å². The SMILES string of the molecule is Cc1ccc([C@@H](N)CC2CC2)cc1C.Cl. The highest BCUT2D eigenvalue weighted by atomic mass is 35.5. The van der Waals surface area contributed by atoms with Gasteiger partial charge in [-0.2, -0.15) is 0 Å². The van der Waals surface area contributed by atoms with Crippen LogP contribution in [-0.4, -0.2) is 0 Å². The molecule has 1 fully saturated rings. The maximum Gasteiger partial charge on any atom is 0.0297 e. The molecule has 0 heterocycles. The van der Waals surface area contributed by atoms with E-state index in [2.05, 4.69) is 32.0 Å². The molecule has 1 atom stereocenters. The molecule has 1 nitrogen and oxygen atoms in total. The highest BCUT2D eigenvalue weighted by Gasteiger charge is 2.24. The molecule has 15 heavy (non-hydrogen) atoms. The molecule has 0 unspecified atom stereocenters. The molecule has 0 aromatic heterocycles. The van der Waals surface area contributed by atoms with Crippen LogP contribution in [0.15, 0.2) is 18.2 Å². The van der Waals surface area contributed by atoms with E-state index in [0.717, 1.165) is 5.92 Å². The quantitative estimate of drug-likeness (QED) is 0.837. The molecule has 0 spiro atoms. The van der Waals surface area contributed by atoms with Crippen LogP contribution in [-0.2, 0) is 0 Å². The lowest BCUT2D eigenvalue weighted by molar-refractivity contribution is 0.596. The van der Waals surface area contributed by atoms with Gasteiger partial charge in [-0.25, -0.2) is 0 Å². The summed E-state index contributed by atoms with van der Waals surface area (Å²) in [6, 6.07) is 6.84. The van der Waals surface area contributed by atoms with Crippen LogP contribution in [0.4, 0.5) is 0 Å². The van der Waals surface area contributed by atoms with E-state index in [0.29, 0.717) is 0 Å². The molecule has 1 aromatic rings. The van der Waals surface area contributed by atoms with Gasteiger partial charge in [0.2, 0.25) is 0 Å². The van der Waals surface area contributed by atoms with Crippen molar-refractivity contribution in [1.29, 1.82) is 0 Å². The third-order valence-corrected chi connectivity index (χ3v) is 3.24. The molecule has 0 amide bonds. The summed E-state index contributed by atoms with van der Waals surface area (Å²) in [5.74, 6) is 0.909. The molecule has 2 rings (SSSR count). The summed E-state index contributed by atoms with van der Waals surface area (Å²) in [6.45, 7) is 4.30. The van der Waals surface area contributed by atoms with Gasteiger partial charge in [0.05, 0.1) is 0 Å². The summed E-state index contributed by atoms with van der Waals surface area (Å²) < 4.78 is 0. The Bertz CT molecular complexity index is 331. The van der Waals surface area contributed by atoms with Crippen molar-refractivity contribution in [2.45, 2.75) is 39.2 Å². The van der Waals surface area contributed by atoms with Gasteiger partial charge in [0, 0.05) is 6.04 Å². The van der Waals surface area contributed by atoms with Gasteiger partial charge >= 0.3 is 0 Å². The smallest absolute Gasteiger partial charge is 0.0297 e. The van der Waals surface area contributed by atoms with E-state index in [9.17, 15) is 0 Å². The molecule has 0 saturated heterocycles. The fraction of sp³-hybridized carbons (Fsp3) is 0.538. The standard InChI is InChI=1S/C13H19N.ClH/c1-9-3-6-12(7-10(9)2)13(14)8-11-4-5-11;/h3,6-7,11,13H,4-5,8,14H2,1-2H3;1H/t13-;/m0./s1. The Labute approximate surface area is 98.5 Å². The predicted octanol–water partition coefficient (Wildman–Crippen LogP) is 3.53. The number of hydrogen-bond donors (Lipinski definition) is 1. The van der Waals surface area contributed by atoms with Crippen molar-refractivity contribution in [3.8, 4) is 0 Å². The summed E-state index contributed by atoms with van der Waals surface area (Å²) in [6.07, 6.45) is 3.94. The second-order valence-corrected chi connectivity index (χ2v) is 4.63.